The summed E-state index contributed by atoms with van der Waals surface area (Å²) in [6, 6.07) is 20.5. The first-order chi connectivity index (χ1) is 6.88. The minimum atomic E-state index is 0. The van der Waals surface area contributed by atoms with Crippen LogP contribution < -0.4 is 0 Å². The molecule has 0 unspecified atom stereocenters. The van der Waals surface area contributed by atoms with E-state index in [1.165, 1.54) is 11.1 Å². The summed E-state index contributed by atoms with van der Waals surface area (Å²) in [4.78, 5) is 0. The second-order valence-corrected chi connectivity index (χ2v) is 3.21. The summed E-state index contributed by atoms with van der Waals surface area (Å²) >= 11 is 0. The van der Waals surface area contributed by atoms with E-state index in [1.807, 2.05) is 36.4 Å². The maximum absolute atomic E-state index is 4.10. The predicted octanol–water partition coefficient (Wildman–Crippen LogP) is 2.45. The maximum atomic E-state index is 4.10. The molecule has 0 saturated carbocycles. The summed E-state index contributed by atoms with van der Waals surface area (Å²) < 4.78 is 0. The second-order valence-electron chi connectivity index (χ2n) is 3.21. The van der Waals surface area contributed by atoms with E-state index in [0.29, 0.717) is 0 Å². The normalized spacial score (nSPS) is 8.50. The molecule has 0 fully saturated rings. The first-order valence-electron chi connectivity index (χ1n) is 4.67. The van der Waals surface area contributed by atoms with Crippen LogP contribution in [0.15, 0.2) is 67.2 Å². The van der Waals surface area contributed by atoms with E-state index in [9.17, 15) is 0 Å². The van der Waals surface area contributed by atoms with Gasteiger partial charge in [-0.1, -0.05) is 67.2 Å². The van der Waals surface area contributed by atoms with E-state index < -0.39 is 0 Å². The van der Waals surface area contributed by atoms with Gasteiger partial charge in [0.05, 0.1) is 0 Å². The van der Waals surface area contributed by atoms with Gasteiger partial charge in [0.15, 0.2) is 0 Å². The average molecular weight is 196 g/mol. The molecule has 16 heavy (non-hydrogen) atoms. The summed E-state index contributed by atoms with van der Waals surface area (Å²) in [5.41, 5.74) is 3.43. The Balaban J connectivity index is 0.00000112. The van der Waals surface area contributed by atoms with Crippen LogP contribution in [-0.2, 0) is 0 Å². The Hall–Kier alpha value is -0.625. The SMILES string of the molecule is C=C(c1ccccc1)c1ccccc1.[LiH].[LiH]. The van der Waals surface area contributed by atoms with Crippen LogP contribution in [0.2, 0.25) is 0 Å². The van der Waals surface area contributed by atoms with Gasteiger partial charge in [0, 0.05) is 0 Å². The molecule has 0 atom stereocenters. The molecule has 0 nitrogen and oxygen atoms in total. The van der Waals surface area contributed by atoms with Crippen molar-refractivity contribution in [3.8, 4) is 0 Å². The van der Waals surface area contributed by atoms with Gasteiger partial charge < -0.3 is 0 Å². The predicted molar refractivity (Wildman–Crippen MR) is 75.3 cm³/mol. The zero-order valence-electron chi connectivity index (χ0n) is 7.98. The number of hydrogen-bond donors (Lipinski definition) is 0. The third kappa shape index (κ3) is 3.75. The Morgan fingerprint density at radius 1 is 0.625 bits per heavy atom. The van der Waals surface area contributed by atoms with E-state index in [-0.39, 0.29) is 37.7 Å². The first kappa shape index (κ1) is 15.4. The fourth-order valence-corrected chi connectivity index (χ4v) is 1.45. The third-order valence-corrected chi connectivity index (χ3v) is 2.24. The summed E-state index contributed by atoms with van der Waals surface area (Å²) in [5.74, 6) is 0. The zero-order chi connectivity index (χ0) is 9.80. The molecule has 2 rings (SSSR count). The molecular formula is C14H14Li2. The van der Waals surface area contributed by atoms with Crippen molar-refractivity contribution in [1.82, 2.24) is 0 Å². The van der Waals surface area contributed by atoms with E-state index in [0.717, 1.165) is 5.57 Å². The van der Waals surface area contributed by atoms with Crippen LogP contribution in [0.1, 0.15) is 11.1 Å². The van der Waals surface area contributed by atoms with E-state index in [4.69, 9.17) is 0 Å². The van der Waals surface area contributed by atoms with Crippen molar-refractivity contribution >= 4 is 43.3 Å². The molecule has 72 valence electrons. The molecule has 0 N–H and O–H groups in total. The molecule has 2 aromatic carbocycles. The number of rotatable bonds is 2. The molecule has 2 heteroatoms. The Morgan fingerprint density at radius 3 is 1.25 bits per heavy atom. The topological polar surface area (TPSA) is 0 Å². The van der Waals surface area contributed by atoms with E-state index >= 15 is 0 Å². The van der Waals surface area contributed by atoms with Gasteiger partial charge >= 0.3 is 37.7 Å². The fourth-order valence-electron chi connectivity index (χ4n) is 1.45. The van der Waals surface area contributed by atoms with Gasteiger partial charge in [-0.3, -0.25) is 0 Å². The molecule has 0 spiro atoms. The van der Waals surface area contributed by atoms with Crippen molar-refractivity contribution < 1.29 is 0 Å². The molecule has 0 amide bonds. The monoisotopic (exact) mass is 196 g/mol. The van der Waals surface area contributed by atoms with Crippen molar-refractivity contribution in [3.63, 3.8) is 0 Å². The molecule has 0 aliphatic carbocycles. The van der Waals surface area contributed by atoms with Gasteiger partial charge in [0.25, 0.3) is 0 Å². The van der Waals surface area contributed by atoms with Crippen LogP contribution in [0, 0.1) is 0 Å². The summed E-state index contributed by atoms with van der Waals surface area (Å²) in [7, 11) is 0. The van der Waals surface area contributed by atoms with Crippen molar-refractivity contribution in [1.29, 1.82) is 0 Å². The van der Waals surface area contributed by atoms with Crippen molar-refractivity contribution in [2.75, 3.05) is 0 Å². The molecule has 0 aliphatic heterocycles. The second kappa shape index (κ2) is 7.62. The van der Waals surface area contributed by atoms with E-state index in [1.54, 1.807) is 0 Å². The average Bonchev–Trinajstić information content (AvgIpc) is 2.30. The van der Waals surface area contributed by atoms with Crippen LogP contribution in [0.4, 0.5) is 0 Å². The van der Waals surface area contributed by atoms with Crippen LogP contribution >= 0.6 is 0 Å². The number of benzene rings is 2. The Morgan fingerprint density at radius 2 is 0.938 bits per heavy atom. The fraction of sp³-hybridized carbons (Fsp3) is 0. The molecule has 0 heterocycles. The summed E-state index contributed by atoms with van der Waals surface area (Å²) in [6.07, 6.45) is 0. The van der Waals surface area contributed by atoms with Crippen molar-refractivity contribution in [3.05, 3.63) is 78.4 Å². The first-order valence-corrected chi connectivity index (χ1v) is 4.67. The van der Waals surface area contributed by atoms with Crippen molar-refractivity contribution in [2.24, 2.45) is 0 Å². The van der Waals surface area contributed by atoms with Crippen LogP contribution in [-0.4, -0.2) is 37.7 Å². The quantitative estimate of drug-likeness (QED) is 0.647. The summed E-state index contributed by atoms with van der Waals surface area (Å²) in [5, 5.41) is 0. The standard InChI is InChI=1S/C14H12.2Li.2H/c1-12(13-8-4-2-5-9-13)14-10-6-3-7-11-14;;;;/h2-11H,1H2;;;;. The Kier molecular flexibility index (Phi) is 7.32. The molecule has 2 aromatic rings. The Bertz CT molecular complexity index is 380. The van der Waals surface area contributed by atoms with Gasteiger partial charge in [-0.15, -0.1) is 0 Å². The van der Waals surface area contributed by atoms with Gasteiger partial charge in [-0.2, -0.15) is 0 Å². The van der Waals surface area contributed by atoms with Gasteiger partial charge in [-0.25, -0.2) is 0 Å². The van der Waals surface area contributed by atoms with Crippen LogP contribution in [0.5, 0.6) is 0 Å². The summed E-state index contributed by atoms with van der Waals surface area (Å²) in [6.45, 7) is 4.10. The van der Waals surface area contributed by atoms with Crippen LogP contribution in [0.25, 0.3) is 5.57 Å². The van der Waals surface area contributed by atoms with E-state index in [2.05, 4.69) is 30.8 Å². The molecular weight excluding hydrogens is 182 g/mol. The molecule has 0 aromatic heterocycles. The van der Waals surface area contributed by atoms with Gasteiger partial charge in [0.2, 0.25) is 0 Å². The Labute approximate surface area is 121 Å². The molecule has 0 radical (unpaired) electrons. The molecule has 0 aliphatic rings. The zero-order valence-corrected chi connectivity index (χ0v) is 7.98. The van der Waals surface area contributed by atoms with Gasteiger partial charge in [-0.05, 0) is 16.7 Å². The molecule has 0 bridgehead atoms. The third-order valence-electron chi connectivity index (χ3n) is 2.24. The van der Waals surface area contributed by atoms with Crippen molar-refractivity contribution in [2.45, 2.75) is 0 Å². The number of hydrogen-bond acceptors (Lipinski definition) is 0. The molecule has 0 saturated heterocycles. The minimum absolute atomic E-state index is 0. The van der Waals surface area contributed by atoms with Gasteiger partial charge in [0.1, 0.15) is 0 Å². The van der Waals surface area contributed by atoms with Crippen LogP contribution in [0.3, 0.4) is 0 Å².